The summed E-state index contributed by atoms with van der Waals surface area (Å²) >= 11 is 0. The van der Waals surface area contributed by atoms with Crippen molar-refractivity contribution in [2.45, 2.75) is 19.3 Å². The molecule has 2 atom stereocenters. The van der Waals surface area contributed by atoms with Crippen LogP contribution in [0, 0.1) is 11.8 Å². The highest BCUT2D eigenvalue weighted by Crippen LogP contribution is 2.32. The molecule has 2 unspecified atom stereocenters. The average molecular weight is 258 g/mol. The van der Waals surface area contributed by atoms with Gasteiger partial charge in [0.25, 0.3) is 0 Å². The fraction of sp³-hybridized carbons (Fsp3) is 0.923. The maximum atomic E-state index is 12.5. The number of methoxy groups -OCH3 is 2. The third-order valence-corrected chi connectivity index (χ3v) is 3.72. The summed E-state index contributed by atoms with van der Waals surface area (Å²) in [6, 6.07) is 0. The summed E-state index contributed by atoms with van der Waals surface area (Å²) in [5.74, 6) is 0.672. The van der Waals surface area contributed by atoms with Crippen molar-refractivity contribution in [2.24, 2.45) is 17.6 Å². The minimum atomic E-state index is 0.101. The zero-order chi connectivity index (χ0) is 13.4. The quantitative estimate of drug-likeness (QED) is 0.688. The molecule has 1 rings (SSSR count). The number of amides is 1. The lowest BCUT2D eigenvalue weighted by atomic mass is 9.94. The first-order valence-corrected chi connectivity index (χ1v) is 6.71. The molecule has 0 spiro atoms. The molecule has 2 N–H and O–H groups in total. The van der Waals surface area contributed by atoms with E-state index in [-0.39, 0.29) is 11.8 Å². The molecule has 1 saturated carbocycles. The highest BCUT2D eigenvalue weighted by molar-refractivity contribution is 5.79. The van der Waals surface area contributed by atoms with Crippen LogP contribution in [0.4, 0.5) is 0 Å². The normalized spacial score (nSPS) is 23.3. The number of nitrogens with zero attached hydrogens (tertiary/aromatic N) is 1. The zero-order valence-corrected chi connectivity index (χ0v) is 11.6. The number of carbonyl (C=O) groups is 1. The van der Waals surface area contributed by atoms with Crippen molar-refractivity contribution in [3.63, 3.8) is 0 Å². The van der Waals surface area contributed by atoms with Gasteiger partial charge in [-0.15, -0.1) is 0 Å². The van der Waals surface area contributed by atoms with Gasteiger partial charge in [0.2, 0.25) is 5.91 Å². The fourth-order valence-corrected chi connectivity index (χ4v) is 2.61. The standard InChI is InChI=1S/C13H26N2O3/c1-17-8-6-15(7-9-18-2)13(16)12-5-3-4-11(12)10-14/h11-12H,3-10,14H2,1-2H3. The van der Waals surface area contributed by atoms with Gasteiger partial charge in [0.05, 0.1) is 13.2 Å². The molecule has 1 aliphatic carbocycles. The van der Waals surface area contributed by atoms with Gasteiger partial charge in [-0.25, -0.2) is 0 Å². The van der Waals surface area contributed by atoms with Crippen LogP contribution in [0.1, 0.15) is 19.3 Å². The lowest BCUT2D eigenvalue weighted by Gasteiger charge is -2.27. The molecule has 0 aromatic carbocycles. The smallest absolute Gasteiger partial charge is 0.226 e. The number of rotatable bonds is 8. The third kappa shape index (κ3) is 4.23. The molecule has 0 aliphatic heterocycles. The van der Waals surface area contributed by atoms with E-state index < -0.39 is 0 Å². The molecule has 1 amide bonds. The first-order valence-electron chi connectivity index (χ1n) is 6.71. The van der Waals surface area contributed by atoms with E-state index in [1.54, 1.807) is 14.2 Å². The molecule has 0 aromatic rings. The van der Waals surface area contributed by atoms with Gasteiger partial charge < -0.3 is 20.1 Å². The minimum Gasteiger partial charge on any atom is -0.383 e. The Kier molecular flexibility index (Phi) is 7.23. The van der Waals surface area contributed by atoms with E-state index >= 15 is 0 Å². The Hall–Kier alpha value is -0.650. The van der Waals surface area contributed by atoms with Crippen molar-refractivity contribution in [3.8, 4) is 0 Å². The van der Waals surface area contributed by atoms with Gasteiger partial charge in [-0.1, -0.05) is 6.42 Å². The highest BCUT2D eigenvalue weighted by atomic mass is 16.5. The van der Waals surface area contributed by atoms with Gasteiger partial charge in [0, 0.05) is 33.2 Å². The van der Waals surface area contributed by atoms with Crippen LogP contribution in [0.15, 0.2) is 0 Å². The Morgan fingerprint density at radius 1 is 1.22 bits per heavy atom. The SMILES string of the molecule is COCCN(CCOC)C(=O)C1CCCC1CN. The predicted octanol–water partition coefficient (Wildman–Crippen LogP) is 0.483. The van der Waals surface area contributed by atoms with Gasteiger partial charge in [0.15, 0.2) is 0 Å². The van der Waals surface area contributed by atoms with E-state index in [1.165, 1.54) is 0 Å². The van der Waals surface area contributed by atoms with Gasteiger partial charge in [-0.05, 0) is 25.3 Å². The number of nitrogens with two attached hydrogens (primary N) is 1. The maximum Gasteiger partial charge on any atom is 0.226 e. The first kappa shape index (κ1) is 15.4. The number of ether oxygens (including phenoxy) is 2. The summed E-state index contributed by atoms with van der Waals surface area (Å²) in [4.78, 5) is 14.3. The van der Waals surface area contributed by atoms with E-state index in [1.807, 2.05) is 4.90 Å². The van der Waals surface area contributed by atoms with Crippen molar-refractivity contribution < 1.29 is 14.3 Å². The molecule has 0 radical (unpaired) electrons. The van der Waals surface area contributed by atoms with Crippen molar-refractivity contribution in [1.29, 1.82) is 0 Å². The molecule has 0 aromatic heterocycles. The topological polar surface area (TPSA) is 64.8 Å². The molecule has 0 saturated heterocycles. The van der Waals surface area contributed by atoms with E-state index in [4.69, 9.17) is 15.2 Å². The molecule has 0 bridgehead atoms. The predicted molar refractivity (Wildman–Crippen MR) is 70.2 cm³/mol. The first-order chi connectivity index (χ1) is 8.74. The molecule has 5 nitrogen and oxygen atoms in total. The summed E-state index contributed by atoms with van der Waals surface area (Å²) < 4.78 is 10.1. The maximum absolute atomic E-state index is 12.5. The monoisotopic (exact) mass is 258 g/mol. The Balaban J connectivity index is 2.56. The second kappa shape index (κ2) is 8.45. The lowest BCUT2D eigenvalue weighted by molar-refractivity contribution is -0.137. The van der Waals surface area contributed by atoms with Crippen LogP contribution in [0.3, 0.4) is 0 Å². The van der Waals surface area contributed by atoms with E-state index in [2.05, 4.69) is 0 Å². The van der Waals surface area contributed by atoms with Crippen molar-refractivity contribution >= 4 is 5.91 Å². The van der Waals surface area contributed by atoms with Gasteiger partial charge in [-0.2, -0.15) is 0 Å². The van der Waals surface area contributed by atoms with Gasteiger partial charge >= 0.3 is 0 Å². The molecule has 5 heteroatoms. The number of hydrogen-bond acceptors (Lipinski definition) is 4. The van der Waals surface area contributed by atoms with Crippen LogP contribution in [0.25, 0.3) is 0 Å². The van der Waals surface area contributed by atoms with Gasteiger partial charge in [0.1, 0.15) is 0 Å². The third-order valence-electron chi connectivity index (χ3n) is 3.72. The summed E-state index contributed by atoms with van der Waals surface area (Å²) in [5.41, 5.74) is 5.74. The lowest BCUT2D eigenvalue weighted by Crippen LogP contribution is -2.42. The van der Waals surface area contributed by atoms with Crippen LogP contribution < -0.4 is 5.73 Å². The molecule has 18 heavy (non-hydrogen) atoms. The summed E-state index contributed by atoms with van der Waals surface area (Å²) in [6.07, 6.45) is 3.16. The average Bonchev–Trinajstić information content (AvgIpc) is 2.86. The van der Waals surface area contributed by atoms with Gasteiger partial charge in [-0.3, -0.25) is 4.79 Å². The van der Waals surface area contributed by atoms with Crippen molar-refractivity contribution in [2.75, 3.05) is 47.1 Å². The Morgan fingerprint density at radius 3 is 2.33 bits per heavy atom. The Bertz CT molecular complexity index is 240. The molecular formula is C13H26N2O3. The highest BCUT2D eigenvalue weighted by Gasteiger charge is 2.34. The summed E-state index contributed by atoms with van der Waals surface area (Å²) in [6.45, 7) is 3.00. The second-order valence-electron chi connectivity index (χ2n) is 4.84. The zero-order valence-electron chi connectivity index (χ0n) is 11.6. The Labute approximate surface area is 110 Å². The fourth-order valence-electron chi connectivity index (χ4n) is 2.61. The molecule has 106 valence electrons. The minimum absolute atomic E-state index is 0.101. The van der Waals surface area contributed by atoms with E-state index in [0.29, 0.717) is 38.8 Å². The van der Waals surface area contributed by atoms with E-state index in [0.717, 1.165) is 19.3 Å². The molecule has 1 fully saturated rings. The van der Waals surface area contributed by atoms with Crippen LogP contribution in [-0.2, 0) is 14.3 Å². The number of hydrogen-bond donors (Lipinski definition) is 1. The summed E-state index contributed by atoms with van der Waals surface area (Å²) in [5, 5.41) is 0. The molecule has 0 heterocycles. The van der Waals surface area contributed by atoms with Crippen LogP contribution >= 0.6 is 0 Å². The van der Waals surface area contributed by atoms with Crippen molar-refractivity contribution in [3.05, 3.63) is 0 Å². The Morgan fingerprint density at radius 2 is 1.83 bits per heavy atom. The molecule has 1 aliphatic rings. The molecular weight excluding hydrogens is 232 g/mol. The van der Waals surface area contributed by atoms with Crippen LogP contribution in [0.5, 0.6) is 0 Å². The largest absolute Gasteiger partial charge is 0.383 e. The van der Waals surface area contributed by atoms with Crippen LogP contribution in [0.2, 0.25) is 0 Å². The van der Waals surface area contributed by atoms with E-state index in [9.17, 15) is 4.79 Å². The summed E-state index contributed by atoms with van der Waals surface area (Å²) in [7, 11) is 3.30. The van der Waals surface area contributed by atoms with Crippen molar-refractivity contribution in [1.82, 2.24) is 4.90 Å². The number of carbonyl (C=O) groups excluding carboxylic acids is 1. The second-order valence-corrected chi connectivity index (χ2v) is 4.84. The van der Waals surface area contributed by atoms with Crippen LogP contribution in [-0.4, -0.2) is 57.9 Å².